The molecule has 1 fully saturated rings. The Hall–Kier alpha value is -2.28. The van der Waals surface area contributed by atoms with Crippen LogP contribution in [0.15, 0.2) is 29.3 Å². The molecule has 1 saturated heterocycles. The van der Waals surface area contributed by atoms with Crippen molar-refractivity contribution in [2.24, 2.45) is 4.99 Å². The van der Waals surface area contributed by atoms with E-state index in [-0.39, 0.29) is 18.5 Å². The minimum atomic E-state index is -0.0272. The zero-order chi connectivity index (χ0) is 19.5. The number of carbonyl (C=O) groups excluding carboxylic acids is 1. The Bertz CT molecular complexity index is 614. The zero-order valence-electron chi connectivity index (χ0n) is 16.8. The lowest BCUT2D eigenvalue weighted by molar-refractivity contribution is -0.120. The molecule has 1 amide bonds. The maximum absolute atomic E-state index is 11.8. The van der Waals surface area contributed by atoms with Gasteiger partial charge in [0.25, 0.3) is 0 Å². The number of amides is 1. The number of carbonyl (C=O) groups is 1. The fourth-order valence-electron chi connectivity index (χ4n) is 3.34. The number of benzene rings is 1. The fourth-order valence-corrected chi connectivity index (χ4v) is 3.34. The first-order valence-electron chi connectivity index (χ1n) is 9.77. The average Bonchev–Trinajstić information content (AvgIpc) is 3.23. The summed E-state index contributed by atoms with van der Waals surface area (Å²) in [5.41, 5.74) is 1.17. The number of likely N-dealkylation sites (tertiary alicyclic amines) is 1. The molecule has 7 nitrogen and oxygen atoms in total. The Labute approximate surface area is 162 Å². The molecule has 1 atom stereocenters. The van der Waals surface area contributed by atoms with Crippen molar-refractivity contribution in [2.45, 2.75) is 32.2 Å². The standard InChI is InChI=1S/C20H33N5O2/c1-4-11-22-19(26)15-24-20(21-2)23-14-17(25-12-7-8-13-25)16-9-5-6-10-18(16)27-3/h5-6,9-10,17H,4,7-8,11-15H2,1-3H3,(H,22,26)(H2,21,23,24). The minimum Gasteiger partial charge on any atom is -0.496 e. The highest BCUT2D eigenvalue weighted by Gasteiger charge is 2.26. The molecule has 1 aliphatic heterocycles. The number of aliphatic imine (C=N–C) groups is 1. The van der Waals surface area contributed by atoms with Crippen LogP contribution in [0.25, 0.3) is 0 Å². The largest absolute Gasteiger partial charge is 0.496 e. The highest BCUT2D eigenvalue weighted by Crippen LogP contribution is 2.31. The van der Waals surface area contributed by atoms with E-state index in [2.05, 4.69) is 31.9 Å². The van der Waals surface area contributed by atoms with E-state index >= 15 is 0 Å². The van der Waals surface area contributed by atoms with Crippen molar-refractivity contribution < 1.29 is 9.53 Å². The summed E-state index contributed by atoms with van der Waals surface area (Å²) in [5, 5.41) is 9.30. The maximum atomic E-state index is 11.8. The van der Waals surface area contributed by atoms with Crippen LogP contribution in [-0.4, -0.2) is 63.6 Å². The van der Waals surface area contributed by atoms with Crippen LogP contribution in [0.2, 0.25) is 0 Å². The summed E-state index contributed by atoms with van der Waals surface area (Å²) in [6.45, 7) is 5.78. The predicted molar refractivity (Wildman–Crippen MR) is 109 cm³/mol. The fraction of sp³-hybridized carbons (Fsp3) is 0.600. The van der Waals surface area contributed by atoms with Gasteiger partial charge < -0.3 is 20.7 Å². The van der Waals surface area contributed by atoms with Crippen LogP contribution in [0.3, 0.4) is 0 Å². The van der Waals surface area contributed by atoms with E-state index in [4.69, 9.17) is 4.74 Å². The zero-order valence-corrected chi connectivity index (χ0v) is 16.8. The number of hydrogen-bond donors (Lipinski definition) is 3. The van der Waals surface area contributed by atoms with Gasteiger partial charge in [0.05, 0.1) is 19.7 Å². The van der Waals surface area contributed by atoms with Crippen LogP contribution in [0.4, 0.5) is 0 Å². The lowest BCUT2D eigenvalue weighted by Gasteiger charge is -2.30. The van der Waals surface area contributed by atoms with E-state index < -0.39 is 0 Å². The number of rotatable bonds is 9. The van der Waals surface area contributed by atoms with Crippen molar-refractivity contribution in [3.8, 4) is 5.75 Å². The molecule has 3 N–H and O–H groups in total. The van der Waals surface area contributed by atoms with Crippen LogP contribution in [-0.2, 0) is 4.79 Å². The Morgan fingerprint density at radius 2 is 1.96 bits per heavy atom. The summed E-state index contributed by atoms with van der Waals surface area (Å²) >= 11 is 0. The van der Waals surface area contributed by atoms with Crippen molar-refractivity contribution in [1.29, 1.82) is 0 Å². The van der Waals surface area contributed by atoms with Crippen LogP contribution in [0, 0.1) is 0 Å². The topological polar surface area (TPSA) is 78.0 Å². The minimum absolute atomic E-state index is 0.0272. The van der Waals surface area contributed by atoms with E-state index in [9.17, 15) is 4.79 Å². The van der Waals surface area contributed by atoms with Crippen LogP contribution in [0.5, 0.6) is 5.75 Å². The first-order chi connectivity index (χ1) is 13.2. The van der Waals surface area contributed by atoms with Gasteiger partial charge in [-0.1, -0.05) is 25.1 Å². The van der Waals surface area contributed by atoms with Crippen molar-refractivity contribution >= 4 is 11.9 Å². The molecule has 7 heteroatoms. The number of methoxy groups -OCH3 is 1. The molecule has 1 unspecified atom stereocenters. The molecule has 0 radical (unpaired) electrons. The smallest absolute Gasteiger partial charge is 0.239 e. The van der Waals surface area contributed by atoms with Gasteiger partial charge >= 0.3 is 0 Å². The molecule has 0 aromatic heterocycles. The third-order valence-corrected chi connectivity index (χ3v) is 4.75. The molecule has 1 aromatic carbocycles. The second-order valence-corrected chi connectivity index (χ2v) is 6.66. The molecular weight excluding hydrogens is 342 g/mol. The van der Waals surface area contributed by atoms with Crippen LogP contribution in [0.1, 0.15) is 37.8 Å². The summed E-state index contributed by atoms with van der Waals surface area (Å²) in [7, 11) is 3.43. The van der Waals surface area contributed by atoms with E-state index in [1.807, 2.05) is 25.1 Å². The third-order valence-electron chi connectivity index (χ3n) is 4.75. The van der Waals surface area contributed by atoms with E-state index in [0.717, 1.165) is 25.3 Å². The quantitative estimate of drug-likeness (QED) is 0.451. The summed E-state index contributed by atoms with van der Waals surface area (Å²) < 4.78 is 5.58. The molecule has 0 aliphatic carbocycles. The van der Waals surface area contributed by atoms with E-state index in [1.54, 1.807) is 14.2 Å². The molecule has 150 valence electrons. The molecule has 0 bridgehead atoms. The number of para-hydroxylation sites is 1. The van der Waals surface area contributed by atoms with Crippen molar-refractivity contribution in [3.63, 3.8) is 0 Å². The van der Waals surface area contributed by atoms with Crippen LogP contribution < -0.4 is 20.7 Å². The molecule has 0 saturated carbocycles. The van der Waals surface area contributed by atoms with Gasteiger partial charge in [0.2, 0.25) is 5.91 Å². The first kappa shape index (κ1) is 21.0. The van der Waals surface area contributed by atoms with Crippen LogP contribution >= 0.6 is 0 Å². The molecule has 1 heterocycles. The number of guanidine groups is 1. The normalized spacial score (nSPS) is 16.0. The van der Waals surface area contributed by atoms with Crippen molar-refractivity contribution in [3.05, 3.63) is 29.8 Å². The van der Waals surface area contributed by atoms with Gasteiger partial charge in [-0.3, -0.25) is 14.7 Å². The molecule has 27 heavy (non-hydrogen) atoms. The predicted octanol–water partition coefficient (Wildman–Crippen LogP) is 1.52. The lowest BCUT2D eigenvalue weighted by Crippen LogP contribution is -2.46. The number of nitrogens with zero attached hydrogens (tertiary/aromatic N) is 2. The van der Waals surface area contributed by atoms with E-state index in [1.165, 1.54) is 18.4 Å². The van der Waals surface area contributed by atoms with Crippen molar-refractivity contribution in [2.75, 3.05) is 46.9 Å². The summed E-state index contributed by atoms with van der Waals surface area (Å²) in [6, 6.07) is 8.36. The van der Waals surface area contributed by atoms with E-state index in [0.29, 0.717) is 19.0 Å². The molecular formula is C20H33N5O2. The third kappa shape index (κ3) is 6.43. The summed E-state index contributed by atoms with van der Waals surface area (Å²) in [6.07, 6.45) is 3.36. The summed E-state index contributed by atoms with van der Waals surface area (Å²) in [5.74, 6) is 1.50. The number of nitrogens with one attached hydrogen (secondary N) is 3. The Balaban J connectivity index is 1.99. The molecule has 1 aromatic rings. The second kappa shape index (κ2) is 11.4. The lowest BCUT2D eigenvalue weighted by atomic mass is 10.0. The SMILES string of the molecule is CCCNC(=O)CNC(=NC)NCC(c1ccccc1OC)N1CCCC1. The number of ether oxygens (including phenoxy) is 1. The van der Waals surface area contributed by atoms with Gasteiger partial charge in [-0.15, -0.1) is 0 Å². The number of hydrogen-bond acceptors (Lipinski definition) is 4. The van der Waals surface area contributed by atoms with Gasteiger partial charge in [-0.2, -0.15) is 0 Å². The van der Waals surface area contributed by atoms with Crippen molar-refractivity contribution in [1.82, 2.24) is 20.9 Å². The molecule has 0 spiro atoms. The van der Waals surface area contributed by atoms with Gasteiger partial charge in [0.15, 0.2) is 5.96 Å². The Morgan fingerprint density at radius 1 is 1.22 bits per heavy atom. The average molecular weight is 376 g/mol. The second-order valence-electron chi connectivity index (χ2n) is 6.66. The maximum Gasteiger partial charge on any atom is 0.239 e. The Morgan fingerprint density at radius 3 is 2.63 bits per heavy atom. The van der Waals surface area contributed by atoms with Gasteiger partial charge in [-0.05, 0) is 38.4 Å². The molecule has 1 aliphatic rings. The van der Waals surface area contributed by atoms with Gasteiger partial charge in [0, 0.05) is 25.7 Å². The monoisotopic (exact) mass is 375 g/mol. The van der Waals surface area contributed by atoms with Gasteiger partial charge in [-0.25, -0.2) is 0 Å². The highest BCUT2D eigenvalue weighted by molar-refractivity contribution is 5.86. The van der Waals surface area contributed by atoms with Gasteiger partial charge in [0.1, 0.15) is 5.75 Å². The first-order valence-corrected chi connectivity index (χ1v) is 9.77. The summed E-state index contributed by atoms with van der Waals surface area (Å²) in [4.78, 5) is 18.5. The highest BCUT2D eigenvalue weighted by atomic mass is 16.5. The Kier molecular flexibility index (Phi) is 8.91. The molecule has 2 rings (SSSR count).